The number of aliphatic hydroxyl groups excluding tert-OH is 1. The van der Waals surface area contributed by atoms with Crippen LogP contribution in [-0.4, -0.2) is 30.8 Å². The fourth-order valence-corrected chi connectivity index (χ4v) is 1.87. The zero-order valence-corrected chi connectivity index (χ0v) is 11.6. The molecule has 0 aliphatic heterocycles. The largest absolute Gasteiger partial charge is 0.495 e. The molecule has 1 atom stereocenters. The second-order valence-electron chi connectivity index (χ2n) is 4.94. The Bertz CT molecular complexity index is 433. The molecule has 1 rings (SSSR count). The maximum Gasteiger partial charge on any atom is 0.251 e. The van der Waals surface area contributed by atoms with Crippen LogP contribution in [0.2, 0.25) is 0 Å². The molecule has 0 fully saturated rings. The van der Waals surface area contributed by atoms with Crippen molar-refractivity contribution in [1.29, 1.82) is 0 Å². The summed E-state index contributed by atoms with van der Waals surface area (Å²) < 4.78 is 5.08. The number of anilines is 1. The number of nitrogens with one attached hydrogen (secondary N) is 1. The summed E-state index contributed by atoms with van der Waals surface area (Å²) in [5, 5.41) is 12.1. The lowest BCUT2D eigenvalue weighted by Gasteiger charge is -2.18. The monoisotopic (exact) mass is 266 g/mol. The topological polar surface area (TPSA) is 84.6 Å². The Balaban J connectivity index is 2.77. The summed E-state index contributed by atoms with van der Waals surface area (Å²) in [6.07, 6.45) is 0.731. The van der Waals surface area contributed by atoms with Gasteiger partial charge in [0.1, 0.15) is 5.75 Å². The second kappa shape index (κ2) is 6.99. The average Bonchev–Trinajstić information content (AvgIpc) is 2.37. The number of rotatable bonds is 6. The molecule has 4 N–H and O–H groups in total. The van der Waals surface area contributed by atoms with Crippen LogP contribution in [0.3, 0.4) is 0 Å². The third-order valence-electron chi connectivity index (χ3n) is 2.81. The van der Waals surface area contributed by atoms with Crippen molar-refractivity contribution < 1.29 is 14.6 Å². The molecular formula is C14H22N2O3. The molecule has 0 saturated carbocycles. The van der Waals surface area contributed by atoms with Crippen molar-refractivity contribution in [3.05, 3.63) is 23.8 Å². The molecular weight excluding hydrogens is 244 g/mol. The van der Waals surface area contributed by atoms with Gasteiger partial charge in [-0.25, -0.2) is 0 Å². The molecule has 5 nitrogen and oxygen atoms in total. The molecule has 1 amide bonds. The van der Waals surface area contributed by atoms with Crippen molar-refractivity contribution >= 4 is 11.6 Å². The third kappa shape index (κ3) is 4.44. The lowest BCUT2D eigenvalue weighted by Crippen LogP contribution is -2.38. The van der Waals surface area contributed by atoms with Gasteiger partial charge < -0.3 is 20.9 Å². The van der Waals surface area contributed by atoms with Crippen LogP contribution in [-0.2, 0) is 0 Å². The second-order valence-corrected chi connectivity index (χ2v) is 4.94. The van der Waals surface area contributed by atoms with Gasteiger partial charge in [-0.2, -0.15) is 0 Å². The quantitative estimate of drug-likeness (QED) is 0.680. The number of aliphatic hydroxyl groups is 1. The first-order valence-corrected chi connectivity index (χ1v) is 6.33. The summed E-state index contributed by atoms with van der Waals surface area (Å²) in [5.74, 6) is 0.633. The van der Waals surface area contributed by atoms with E-state index in [4.69, 9.17) is 10.5 Å². The van der Waals surface area contributed by atoms with Crippen LogP contribution in [0.4, 0.5) is 5.69 Å². The number of amides is 1. The minimum absolute atomic E-state index is 0.0734. The molecule has 5 heteroatoms. The Labute approximate surface area is 113 Å². The number of nitrogen functional groups attached to an aromatic ring is 1. The molecule has 1 aromatic carbocycles. The van der Waals surface area contributed by atoms with Gasteiger partial charge in [0.2, 0.25) is 0 Å². The number of methoxy groups -OCH3 is 1. The van der Waals surface area contributed by atoms with Gasteiger partial charge in [-0.1, -0.05) is 13.8 Å². The summed E-state index contributed by atoms with van der Waals surface area (Å²) >= 11 is 0. The molecule has 0 bridgehead atoms. The zero-order chi connectivity index (χ0) is 14.4. The average molecular weight is 266 g/mol. The van der Waals surface area contributed by atoms with Crippen molar-refractivity contribution in [2.45, 2.75) is 26.3 Å². The van der Waals surface area contributed by atoms with Gasteiger partial charge in [-0.3, -0.25) is 4.79 Å². The maximum absolute atomic E-state index is 12.1. The number of benzene rings is 1. The van der Waals surface area contributed by atoms with Gasteiger partial charge in [-0.15, -0.1) is 0 Å². The highest BCUT2D eigenvalue weighted by Crippen LogP contribution is 2.22. The molecule has 0 saturated heterocycles. The van der Waals surface area contributed by atoms with Crippen molar-refractivity contribution in [2.24, 2.45) is 5.92 Å². The van der Waals surface area contributed by atoms with E-state index in [-0.39, 0.29) is 18.6 Å². The van der Waals surface area contributed by atoms with E-state index in [9.17, 15) is 9.90 Å². The summed E-state index contributed by atoms with van der Waals surface area (Å²) in [4.78, 5) is 12.1. The number of carbonyl (C=O) groups is 1. The first kappa shape index (κ1) is 15.3. The lowest BCUT2D eigenvalue weighted by molar-refractivity contribution is 0.0908. The molecule has 106 valence electrons. The summed E-state index contributed by atoms with van der Waals surface area (Å²) in [6.45, 7) is 4.01. The predicted octanol–water partition coefficient (Wildman–Crippen LogP) is 1.41. The zero-order valence-electron chi connectivity index (χ0n) is 11.6. The Morgan fingerprint density at radius 2 is 2.16 bits per heavy atom. The first-order valence-electron chi connectivity index (χ1n) is 6.33. The molecule has 0 radical (unpaired) electrons. The first-order chi connectivity index (χ1) is 8.97. The molecule has 0 aliphatic rings. The molecule has 0 spiro atoms. The van der Waals surface area contributed by atoms with E-state index in [0.717, 1.165) is 6.42 Å². The van der Waals surface area contributed by atoms with E-state index in [2.05, 4.69) is 5.32 Å². The summed E-state index contributed by atoms with van der Waals surface area (Å²) in [7, 11) is 1.50. The number of hydrogen-bond acceptors (Lipinski definition) is 4. The van der Waals surface area contributed by atoms with Gasteiger partial charge >= 0.3 is 0 Å². The maximum atomic E-state index is 12.1. The Kier molecular flexibility index (Phi) is 5.63. The van der Waals surface area contributed by atoms with Crippen LogP contribution in [0.1, 0.15) is 30.6 Å². The number of nitrogens with two attached hydrogens (primary N) is 1. The fraction of sp³-hybridized carbons (Fsp3) is 0.500. The van der Waals surface area contributed by atoms with Crippen LogP contribution in [0, 0.1) is 5.92 Å². The number of hydrogen-bond donors (Lipinski definition) is 3. The van der Waals surface area contributed by atoms with E-state index >= 15 is 0 Å². The van der Waals surface area contributed by atoms with E-state index < -0.39 is 0 Å². The van der Waals surface area contributed by atoms with Gasteiger partial charge in [0.05, 0.1) is 25.4 Å². The minimum atomic E-state index is -0.240. The van der Waals surface area contributed by atoms with E-state index in [1.807, 2.05) is 13.8 Å². The molecule has 0 aliphatic carbocycles. The molecule has 1 aromatic rings. The third-order valence-corrected chi connectivity index (χ3v) is 2.81. The SMILES string of the molecule is COc1cc(C(=O)NC(CO)CC(C)C)ccc1N. The predicted molar refractivity (Wildman–Crippen MR) is 75.2 cm³/mol. The van der Waals surface area contributed by atoms with E-state index in [0.29, 0.717) is 22.9 Å². The van der Waals surface area contributed by atoms with Crippen LogP contribution in [0.5, 0.6) is 5.75 Å². The smallest absolute Gasteiger partial charge is 0.251 e. The normalized spacial score (nSPS) is 12.3. The molecule has 1 unspecified atom stereocenters. The Morgan fingerprint density at radius 1 is 1.47 bits per heavy atom. The lowest BCUT2D eigenvalue weighted by atomic mass is 10.0. The van der Waals surface area contributed by atoms with Crippen LogP contribution in [0.15, 0.2) is 18.2 Å². The van der Waals surface area contributed by atoms with E-state index in [1.165, 1.54) is 7.11 Å². The summed E-state index contributed by atoms with van der Waals surface area (Å²) in [6, 6.07) is 4.62. The molecule has 19 heavy (non-hydrogen) atoms. The van der Waals surface area contributed by atoms with Crippen molar-refractivity contribution in [2.75, 3.05) is 19.5 Å². The highest BCUT2D eigenvalue weighted by molar-refractivity contribution is 5.95. The Morgan fingerprint density at radius 3 is 2.68 bits per heavy atom. The van der Waals surface area contributed by atoms with Gasteiger partial charge in [-0.05, 0) is 30.5 Å². The standard InChI is InChI=1S/C14H22N2O3/c1-9(2)6-11(8-17)16-14(18)10-4-5-12(15)13(7-10)19-3/h4-5,7,9,11,17H,6,8,15H2,1-3H3,(H,16,18). The van der Waals surface area contributed by atoms with Gasteiger partial charge in [0.15, 0.2) is 0 Å². The van der Waals surface area contributed by atoms with Crippen LogP contribution < -0.4 is 15.8 Å². The van der Waals surface area contributed by atoms with Crippen molar-refractivity contribution in [3.8, 4) is 5.75 Å². The van der Waals surface area contributed by atoms with Crippen LogP contribution in [0.25, 0.3) is 0 Å². The van der Waals surface area contributed by atoms with Crippen molar-refractivity contribution in [1.82, 2.24) is 5.32 Å². The van der Waals surface area contributed by atoms with Gasteiger partial charge in [0.25, 0.3) is 5.91 Å². The molecule has 0 heterocycles. The summed E-state index contributed by atoms with van der Waals surface area (Å²) in [5.41, 5.74) is 6.65. The Hall–Kier alpha value is -1.75. The fourth-order valence-electron chi connectivity index (χ4n) is 1.87. The number of ether oxygens (including phenoxy) is 1. The highest BCUT2D eigenvalue weighted by atomic mass is 16.5. The number of carbonyl (C=O) groups excluding carboxylic acids is 1. The van der Waals surface area contributed by atoms with E-state index in [1.54, 1.807) is 18.2 Å². The van der Waals surface area contributed by atoms with Gasteiger partial charge in [0, 0.05) is 5.56 Å². The highest BCUT2D eigenvalue weighted by Gasteiger charge is 2.15. The van der Waals surface area contributed by atoms with Crippen LogP contribution >= 0.6 is 0 Å². The molecule has 0 aromatic heterocycles. The minimum Gasteiger partial charge on any atom is -0.495 e. The van der Waals surface area contributed by atoms with Crippen molar-refractivity contribution in [3.63, 3.8) is 0 Å².